The minimum Gasteiger partial charge on any atom is -0.481 e. The standard InChI is InChI=1S/C16H22N2O3/c1-12-5-4-6-13(9-12)17-15(19)11-18-8-3-2-7-14(18)10-16(20)21/h4-6,9,14H,2-3,7-8,10-11H2,1H3,(H,17,19)(H,20,21). The molecule has 1 saturated heterocycles. The highest BCUT2D eigenvalue weighted by molar-refractivity contribution is 5.92. The molecule has 1 aromatic carbocycles. The number of likely N-dealkylation sites (tertiary alicyclic amines) is 1. The summed E-state index contributed by atoms with van der Waals surface area (Å²) in [6.45, 7) is 3.02. The number of aliphatic carboxylic acids is 1. The van der Waals surface area contributed by atoms with Crippen LogP contribution in [-0.2, 0) is 9.59 Å². The summed E-state index contributed by atoms with van der Waals surface area (Å²) in [5.41, 5.74) is 1.88. The van der Waals surface area contributed by atoms with Gasteiger partial charge in [0.2, 0.25) is 5.91 Å². The molecule has 1 aliphatic heterocycles. The Kier molecular flexibility index (Phi) is 5.33. The molecule has 1 aromatic rings. The second kappa shape index (κ2) is 7.22. The fraction of sp³-hybridized carbons (Fsp3) is 0.500. The number of anilines is 1. The van der Waals surface area contributed by atoms with Crippen LogP contribution >= 0.6 is 0 Å². The number of carbonyl (C=O) groups is 2. The average molecular weight is 290 g/mol. The molecule has 1 atom stereocenters. The van der Waals surface area contributed by atoms with Gasteiger partial charge in [-0.2, -0.15) is 0 Å². The molecule has 0 bridgehead atoms. The van der Waals surface area contributed by atoms with E-state index in [1.54, 1.807) is 0 Å². The first-order valence-corrected chi connectivity index (χ1v) is 7.37. The van der Waals surface area contributed by atoms with Crippen molar-refractivity contribution >= 4 is 17.6 Å². The number of hydrogen-bond acceptors (Lipinski definition) is 3. The summed E-state index contributed by atoms with van der Waals surface area (Å²) >= 11 is 0. The van der Waals surface area contributed by atoms with Crippen LogP contribution < -0.4 is 5.32 Å². The quantitative estimate of drug-likeness (QED) is 0.872. The number of nitrogens with one attached hydrogen (secondary N) is 1. The van der Waals surface area contributed by atoms with E-state index in [4.69, 9.17) is 5.11 Å². The van der Waals surface area contributed by atoms with E-state index in [9.17, 15) is 9.59 Å². The lowest BCUT2D eigenvalue weighted by molar-refractivity contribution is -0.139. The van der Waals surface area contributed by atoms with Gasteiger partial charge in [-0.1, -0.05) is 18.6 Å². The van der Waals surface area contributed by atoms with Gasteiger partial charge in [0.1, 0.15) is 0 Å². The highest BCUT2D eigenvalue weighted by atomic mass is 16.4. The number of amides is 1. The number of carboxylic acids is 1. The summed E-state index contributed by atoms with van der Waals surface area (Å²) in [6.07, 6.45) is 3.02. The van der Waals surface area contributed by atoms with Crippen LogP contribution in [0.5, 0.6) is 0 Å². The van der Waals surface area contributed by atoms with Gasteiger partial charge in [0, 0.05) is 11.7 Å². The number of carbonyl (C=O) groups excluding carboxylic acids is 1. The molecule has 0 radical (unpaired) electrons. The Morgan fingerprint density at radius 1 is 1.38 bits per heavy atom. The number of hydrogen-bond donors (Lipinski definition) is 2. The summed E-state index contributed by atoms with van der Waals surface area (Å²) in [5, 5.41) is 11.8. The van der Waals surface area contributed by atoms with Gasteiger partial charge in [0.05, 0.1) is 13.0 Å². The van der Waals surface area contributed by atoms with Crippen molar-refractivity contribution < 1.29 is 14.7 Å². The number of benzene rings is 1. The zero-order valence-corrected chi connectivity index (χ0v) is 12.3. The van der Waals surface area contributed by atoms with Crippen LogP contribution in [0.1, 0.15) is 31.2 Å². The Balaban J connectivity index is 1.92. The summed E-state index contributed by atoms with van der Waals surface area (Å²) in [6, 6.07) is 7.63. The lowest BCUT2D eigenvalue weighted by atomic mass is 9.99. The van der Waals surface area contributed by atoms with E-state index < -0.39 is 5.97 Å². The maximum absolute atomic E-state index is 12.1. The van der Waals surface area contributed by atoms with E-state index in [0.29, 0.717) is 0 Å². The van der Waals surface area contributed by atoms with Crippen LogP contribution in [0.25, 0.3) is 0 Å². The van der Waals surface area contributed by atoms with Crippen LogP contribution in [-0.4, -0.2) is 41.0 Å². The molecule has 1 amide bonds. The molecule has 21 heavy (non-hydrogen) atoms. The van der Waals surface area contributed by atoms with E-state index in [1.807, 2.05) is 36.1 Å². The van der Waals surface area contributed by atoms with Crippen molar-refractivity contribution in [2.24, 2.45) is 0 Å². The Bertz CT molecular complexity index is 516. The number of carboxylic acid groups (broad SMARTS) is 1. The zero-order chi connectivity index (χ0) is 15.2. The molecule has 0 aromatic heterocycles. The van der Waals surface area contributed by atoms with Crippen molar-refractivity contribution in [1.82, 2.24) is 4.90 Å². The van der Waals surface area contributed by atoms with Crippen molar-refractivity contribution in [3.8, 4) is 0 Å². The van der Waals surface area contributed by atoms with Gasteiger partial charge < -0.3 is 10.4 Å². The fourth-order valence-electron chi connectivity index (χ4n) is 2.81. The van der Waals surface area contributed by atoms with Crippen molar-refractivity contribution in [2.45, 2.75) is 38.6 Å². The van der Waals surface area contributed by atoms with Crippen LogP contribution in [0.2, 0.25) is 0 Å². The van der Waals surface area contributed by atoms with E-state index in [1.165, 1.54) is 0 Å². The maximum atomic E-state index is 12.1. The first-order chi connectivity index (χ1) is 10.0. The molecule has 5 heteroatoms. The second-order valence-corrected chi connectivity index (χ2v) is 5.64. The lowest BCUT2D eigenvalue weighted by Gasteiger charge is -2.34. The van der Waals surface area contributed by atoms with Crippen molar-refractivity contribution in [3.63, 3.8) is 0 Å². The van der Waals surface area contributed by atoms with Crippen LogP contribution in [0, 0.1) is 6.92 Å². The summed E-state index contributed by atoms with van der Waals surface area (Å²) in [5.74, 6) is -0.885. The first kappa shape index (κ1) is 15.5. The smallest absolute Gasteiger partial charge is 0.304 e. The van der Waals surface area contributed by atoms with E-state index in [0.717, 1.165) is 37.1 Å². The zero-order valence-electron chi connectivity index (χ0n) is 12.3. The topological polar surface area (TPSA) is 69.6 Å². The predicted molar refractivity (Wildman–Crippen MR) is 81.3 cm³/mol. The molecule has 1 aliphatic rings. The molecule has 0 spiro atoms. The van der Waals surface area contributed by atoms with E-state index in [-0.39, 0.29) is 24.9 Å². The Hall–Kier alpha value is -1.88. The van der Waals surface area contributed by atoms with Crippen LogP contribution in [0.3, 0.4) is 0 Å². The number of aryl methyl sites for hydroxylation is 1. The Labute approximate surface area is 125 Å². The van der Waals surface area contributed by atoms with Crippen molar-refractivity contribution in [3.05, 3.63) is 29.8 Å². The minimum atomic E-state index is -0.800. The first-order valence-electron chi connectivity index (χ1n) is 7.37. The Morgan fingerprint density at radius 3 is 2.90 bits per heavy atom. The third-order valence-corrected chi connectivity index (χ3v) is 3.81. The molecule has 0 saturated carbocycles. The third kappa shape index (κ3) is 4.86. The molecule has 1 heterocycles. The van der Waals surface area contributed by atoms with Gasteiger partial charge in [-0.3, -0.25) is 14.5 Å². The van der Waals surface area contributed by atoms with Crippen LogP contribution in [0.15, 0.2) is 24.3 Å². The molecule has 0 aliphatic carbocycles. The molecule has 1 fully saturated rings. The molecular weight excluding hydrogens is 268 g/mol. The summed E-state index contributed by atoms with van der Waals surface area (Å²) in [4.78, 5) is 25.0. The van der Waals surface area contributed by atoms with E-state index >= 15 is 0 Å². The van der Waals surface area contributed by atoms with E-state index in [2.05, 4.69) is 5.32 Å². The maximum Gasteiger partial charge on any atom is 0.304 e. The normalized spacial score (nSPS) is 19.2. The number of piperidine rings is 1. The average Bonchev–Trinajstić information content (AvgIpc) is 2.40. The third-order valence-electron chi connectivity index (χ3n) is 3.81. The number of nitrogens with zero attached hydrogens (tertiary/aromatic N) is 1. The van der Waals surface area contributed by atoms with Gasteiger partial charge >= 0.3 is 5.97 Å². The molecule has 114 valence electrons. The van der Waals surface area contributed by atoms with Gasteiger partial charge in [-0.25, -0.2) is 0 Å². The second-order valence-electron chi connectivity index (χ2n) is 5.64. The van der Waals surface area contributed by atoms with Gasteiger partial charge in [-0.15, -0.1) is 0 Å². The molecule has 5 nitrogen and oxygen atoms in total. The largest absolute Gasteiger partial charge is 0.481 e. The monoisotopic (exact) mass is 290 g/mol. The molecule has 2 rings (SSSR count). The van der Waals surface area contributed by atoms with Crippen LogP contribution in [0.4, 0.5) is 5.69 Å². The number of rotatable bonds is 5. The van der Waals surface area contributed by atoms with Gasteiger partial charge in [-0.05, 0) is 44.0 Å². The predicted octanol–water partition coefficient (Wildman–Crippen LogP) is 2.26. The summed E-state index contributed by atoms with van der Waals surface area (Å²) < 4.78 is 0. The SMILES string of the molecule is Cc1cccc(NC(=O)CN2CCCCC2CC(=O)O)c1. The minimum absolute atomic E-state index is 0.0282. The van der Waals surface area contributed by atoms with Gasteiger partial charge in [0.25, 0.3) is 0 Å². The van der Waals surface area contributed by atoms with Crippen molar-refractivity contribution in [1.29, 1.82) is 0 Å². The lowest BCUT2D eigenvalue weighted by Crippen LogP contribution is -2.44. The molecule has 2 N–H and O–H groups in total. The van der Waals surface area contributed by atoms with Crippen molar-refractivity contribution in [2.75, 3.05) is 18.4 Å². The van der Waals surface area contributed by atoms with Gasteiger partial charge in [0.15, 0.2) is 0 Å². The highest BCUT2D eigenvalue weighted by Crippen LogP contribution is 2.19. The molecule has 1 unspecified atom stereocenters. The Morgan fingerprint density at radius 2 is 2.19 bits per heavy atom. The molecular formula is C16H22N2O3. The summed E-state index contributed by atoms with van der Waals surface area (Å²) in [7, 11) is 0. The highest BCUT2D eigenvalue weighted by Gasteiger charge is 2.26. The fourth-order valence-corrected chi connectivity index (χ4v) is 2.81.